The minimum Gasteiger partial charge on any atom is -0.355 e. The van der Waals surface area contributed by atoms with E-state index in [0.29, 0.717) is 11.6 Å². The SMILES string of the molecule is NCCSc1noc2ccc(Cl)cc12. The van der Waals surface area contributed by atoms with E-state index in [9.17, 15) is 0 Å². The molecule has 1 aromatic heterocycles. The lowest BCUT2D eigenvalue weighted by Gasteiger charge is -1.93. The standard InChI is InChI=1S/C9H9ClN2OS/c10-6-1-2-8-7(5-6)9(12-13-8)14-4-3-11/h1-2,5H,3-4,11H2. The molecule has 0 radical (unpaired) electrons. The number of hydrogen-bond donors (Lipinski definition) is 1. The smallest absolute Gasteiger partial charge is 0.168 e. The molecule has 0 bridgehead atoms. The summed E-state index contributed by atoms with van der Waals surface area (Å²) in [6.07, 6.45) is 0. The maximum Gasteiger partial charge on any atom is 0.168 e. The van der Waals surface area contributed by atoms with Crippen molar-refractivity contribution >= 4 is 34.3 Å². The molecule has 0 saturated heterocycles. The van der Waals surface area contributed by atoms with Crippen LogP contribution >= 0.6 is 23.4 Å². The van der Waals surface area contributed by atoms with Gasteiger partial charge in [0, 0.05) is 17.3 Å². The van der Waals surface area contributed by atoms with Crippen LogP contribution in [0.25, 0.3) is 11.0 Å². The highest BCUT2D eigenvalue weighted by atomic mass is 35.5. The summed E-state index contributed by atoms with van der Waals surface area (Å²) in [7, 11) is 0. The van der Waals surface area contributed by atoms with Gasteiger partial charge < -0.3 is 10.3 Å². The number of rotatable bonds is 3. The molecule has 0 saturated carbocycles. The Kier molecular flexibility index (Phi) is 2.96. The highest BCUT2D eigenvalue weighted by Crippen LogP contribution is 2.28. The van der Waals surface area contributed by atoms with Gasteiger partial charge >= 0.3 is 0 Å². The van der Waals surface area contributed by atoms with Gasteiger partial charge in [0.15, 0.2) is 5.58 Å². The molecule has 1 aromatic carbocycles. The highest BCUT2D eigenvalue weighted by molar-refractivity contribution is 7.99. The lowest BCUT2D eigenvalue weighted by Crippen LogP contribution is -2.00. The normalized spacial score (nSPS) is 11.0. The van der Waals surface area contributed by atoms with Crippen LogP contribution in [0.3, 0.4) is 0 Å². The van der Waals surface area contributed by atoms with Gasteiger partial charge in [-0.3, -0.25) is 0 Å². The van der Waals surface area contributed by atoms with Crippen molar-refractivity contribution in [3.63, 3.8) is 0 Å². The van der Waals surface area contributed by atoms with Gasteiger partial charge in [-0.2, -0.15) is 0 Å². The summed E-state index contributed by atoms with van der Waals surface area (Å²) in [5, 5.41) is 6.45. The minimum atomic E-state index is 0.625. The monoisotopic (exact) mass is 228 g/mol. The molecule has 5 heteroatoms. The fourth-order valence-electron chi connectivity index (χ4n) is 1.15. The van der Waals surface area contributed by atoms with Crippen molar-refractivity contribution in [2.75, 3.05) is 12.3 Å². The van der Waals surface area contributed by atoms with Gasteiger partial charge in [-0.05, 0) is 18.2 Å². The van der Waals surface area contributed by atoms with Crippen molar-refractivity contribution in [1.29, 1.82) is 0 Å². The summed E-state index contributed by atoms with van der Waals surface area (Å²) in [6.45, 7) is 0.625. The van der Waals surface area contributed by atoms with Gasteiger partial charge in [-0.1, -0.05) is 16.8 Å². The Bertz CT molecular complexity index is 443. The summed E-state index contributed by atoms with van der Waals surface area (Å²) in [5.74, 6) is 0.828. The van der Waals surface area contributed by atoms with E-state index in [0.717, 1.165) is 21.7 Å². The predicted octanol–water partition coefficient (Wildman–Crippen LogP) is 2.53. The molecule has 14 heavy (non-hydrogen) atoms. The minimum absolute atomic E-state index is 0.625. The van der Waals surface area contributed by atoms with Crippen molar-refractivity contribution in [3.8, 4) is 0 Å². The summed E-state index contributed by atoms with van der Waals surface area (Å²) < 4.78 is 5.13. The zero-order valence-corrected chi connectivity index (χ0v) is 8.94. The van der Waals surface area contributed by atoms with E-state index in [-0.39, 0.29) is 0 Å². The Labute approximate surface area is 90.6 Å². The van der Waals surface area contributed by atoms with Crippen molar-refractivity contribution in [1.82, 2.24) is 5.16 Å². The van der Waals surface area contributed by atoms with Crippen LogP contribution in [0.5, 0.6) is 0 Å². The number of nitrogens with zero attached hydrogens (tertiary/aromatic N) is 1. The van der Waals surface area contributed by atoms with Crippen LogP contribution in [-0.4, -0.2) is 17.5 Å². The maximum absolute atomic E-state index is 5.88. The third-order valence-corrected chi connectivity index (χ3v) is 3.00. The number of nitrogens with two attached hydrogens (primary N) is 1. The summed E-state index contributed by atoms with van der Waals surface area (Å²) in [4.78, 5) is 0. The summed E-state index contributed by atoms with van der Waals surface area (Å²) >= 11 is 7.45. The van der Waals surface area contributed by atoms with Gasteiger partial charge in [0.05, 0.1) is 5.39 Å². The van der Waals surface area contributed by atoms with Gasteiger partial charge in [0.25, 0.3) is 0 Å². The molecular formula is C9H9ClN2OS. The quantitative estimate of drug-likeness (QED) is 0.821. The maximum atomic E-state index is 5.88. The first-order chi connectivity index (χ1) is 6.81. The lowest BCUT2D eigenvalue weighted by molar-refractivity contribution is 0.437. The molecule has 0 aliphatic heterocycles. The number of hydrogen-bond acceptors (Lipinski definition) is 4. The van der Waals surface area contributed by atoms with E-state index < -0.39 is 0 Å². The Morgan fingerprint density at radius 1 is 1.50 bits per heavy atom. The molecule has 0 amide bonds. The lowest BCUT2D eigenvalue weighted by atomic mass is 10.3. The fraction of sp³-hybridized carbons (Fsp3) is 0.222. The Balaban J connectivity index is 2.40. The second-order valence-corrected chi connectivity index (χ2v) is 4.29. The molecule has 0 spiro atoms. The van der Waals surface area contributed by atoms with E-state index in [2.05, 4.69) is 5.16 Å². The van der Waals surface area contributed by atoms with E-state index in [1.807, 2.05) is 12.1 Å². The van der Waals surface area contributed by atoms with Crippen LogP contribution in [0.2, 0.25) is 5.02 Å². The Morgan fingerprint density at radius 2 is 2.36 bits per heavy atom. The van der Waals surface area contributed by atoms with Crippen LogP contribution in [0.1, 0.15) is 0 Å². The predicted molar refractivity (Wildman–Crippen MR) is 58.8 cm³/mol. The average molecular weight is 229 g/mol. The summed E-state index contributed by atoms with van der Waals surface area (Å²) in [6, 6.07) is 5.45. The first kappa shape index (κ1) is 9.83. The molecular weight excluding hydrogens is 220 g/mol. The topological polar surface area (TPSA) is 52.0 Å². The Hall–Kier alpha value is -0.710. The molecule has 3 nitrogen and oxygen atoms in total. The molecule has 0 atom stereocenters. The third-order valence-electron chi connectivity index (χ3n) is 1.76. The van der Waals surface area contributed by atoms with Crippen LogP contribution in [-0.2, 0) is 0 Å². The molecule has 0 aliphatic rings. The average Bonchev–Trinajstić information content (AvgIpc) is 2.57. The van der Waals surface area contributed by atoms with E-state index in [1.54, 1.807) is 17.8 Å². The van der Waals surface area contributed by atoms with Crippen LogP contribution < -0.4 is 5.73 Å². The van der Waals surface area contributed by atoms with Crippen molar-refractivity contribution < 1.29 is 4.52 Å². The first-order valence-corrected chi connectivity index (χ1v) is 5.55. The molecule has 0 fully saturated rings. The molecule has 74 valence electrons. The molecule has 0 aliphatic carbocycles. The van der Waals surface area contributed by atoms with Gasteiger partial charge in [0.1, 0.15) is 5.03 Å². The number of aromatic nitrogens is 1. The fourth-order valence-corrected chi connectivity index (χ4v) is 2.04. The van der Waals surface area contributed by atoms with Crippen LogP contribution in [0, 0.1) is 0 Å². The third kappa shape index (κ3) is 1.87. The molecule has 1 heterocycles. The number of benzene rings is 1. The zero-order chi connectivity index (χ0) is 9.97. The number of thioether (sulfide) groups is 1. The van der Waals surface area contributed by atoms with Crippen molar-refractivity contribution in [2.45, 2.75) is 5.03 Å². The Morgan fingerprint density at radius 3 is 3.14 bits per heavy atom. The van der Waals surface area contributed by atoms with Gasteiger partial charge in [-0.15, -0.1) is 11.8 Å². The number of halogens is 1. The number of fused-ring (bicyclic) bond motifs is 1. The van der Waals surface area contributed by atoms with Crippen molar-refractivity contribution in [3.05, 3.63) is 23.2 Å². The van der Waals surface area contributed by atoms with Gasteiger partial charge in [-0.25, -0.2) is 0 Å². The van der Waals surface area contributed by atoms with Crippen LogP contribution in [0.15, 0.2) is 27.7 Å². The second kappa shape index (κ2) is 4.21. The molecule has 0 unspecified atom stereocenters. The van der Waals surface area contributed by atoms with Gasteiger partial charge in [0.2, 0.25) is 0 Å². The van der Waals surface area contributed by atoms with Crippen molar-refractivity contribution in [2.24, 2.45) is 5.73 Å². The van der Waals surface area contributed by atoms with E-state index in [1.165, 1.54) is 0 Å². The first-order valence-electron chi connectivity index (χ1n) is 4.19. The molecule has 2 rings (SSSR count). The molecule has 2 N–H and O–H groups in total. The summed E-state index contributed by atoms with van der Waals surface area (Å²) in [5.41, 5.74) is 6.17. The highest BCUT2D eigenvalue weighted by Gasteiger charge is 2.08. The second-order valence-electron chi connectivity index (χ2n) is 2.77. The van der Waals surface area contributed by atoms with Crippen LogP contribution in [0.4, 0.5) is 0 Å². The largest absolute Gasteiger partial charge is 0.355 e. The zero-order valence-electron chi connectivity index (χ0n) is 7.37. The van der Waals surface area contributed by atoms with E-state index in [4.69, 9.17) is 21.9 Å². The molecule has 2 aromatic rings. The van der Waals surface area contributed by atoms with E-state index >= 15 is 0 Å².